The van der Waals surface area contributed by atoms with E-state index < -0.39 is 5.97 Å². The van der Waals surface area contributed by atoms with Gasteiger partial charge in [-0.25, -0.2) is 0 Å². The van der Waals surface area contributed by atoms with Crippen LogP contribution in [0.1, 0.15) is 23.7 Å². The van der Waals surface area contributed by atoms with Gasteiger partial charge in [0.25, 0.3) is 5.91 Å². The van der Waals surface area contributed by atoms with Gasteiger partial charge >= 0.3 is 5.97 Å². The fourth-order valence-electron chi connectivity index (χ4n) is 1.01. The summed E-state index contributed by atoms with van der Waals surface area (Å²) in [4.78, 5) is 21.7. The molecule has 4 nitrogen and oxygen atoms in total. The van der Waals surface area contributed by atoms with E-state index in [4.69, 9.17) is 5.11 Å². The summed E-state index contributed by atoms with van der Waals surface area (Å²) in [6, 6.07) is 1.35. The van der Waals surface area contributed by atoms with Gasteiger partial charge in [-0.1, -0.05) is 0 Å². The van der Waals surface area contributed by atoms with Gasteiger partial charge in [0.1, 0.15) is 0 Å². The molecule has 0 aliphatic rings. The second-order valence-corrected chi connectivity index (χ2v) is 3.76. The number of hydrogen-bond donors (Lipinski definition) is 2. The van der Waals surface area contributed by atoms with E-state index in [-0.39, 0.29) is 18.4 Å². The Balaban J connectivity index is 2.45. The van der Waals surface area contributed by atoms with Crippen molar-refractivity contribution in [1.82, 2.24) is 5.32 Å². The Bertz CT molecular complexity index is 321. The molecule has 1 amide bonds. The first-order valence-corrected chi connectivity index (χ1v) is 5.08. The monoisotopic (exact) mass is 213 g/mol. The van der Waals surface area contributed by atoms with E-state index in [9.17, 15) is 9.59 Å². The molecule has 0 aromatic carbocycles. The summed E-state index contributed by atoms with van der Waals surface area (Å²) in [5.74, 6) is -1.14. The lowest BCUT2D eigenvalue weighted by Gasteiger charge is -2.10. The molecule has 0 spiro atoms. The number of amides is 1. The van der Waals surface area contributed by atoms with E-state index >= 15 is 0 Å². The minimum absolute atomic E-state index is 0.0596. The molecule has 0 aliphatic carbocycles. The lowest BCUT2D eigenvalue weighted by atomic mass is 10.2. The lowest BCUT2D eigenvalue weighted by molar-refractivity contribution is -0.137. The SMILES string of the molecule is CC(CC(=O)O)NC(=O)c1ccsc1. The summed E-state index contributed by atoms with van der Waals surface area (Å²) < 4.78 is 0. The summed E-state index contributed by atoms with van der Waals surface area (Å²) in [6.07, 6.45) is -0.0596. The zero-order valence-corrected chi connectivity index (χ0v) is 8.50. The largest absolute Gasteiger partial charge is 0.481 e. The van der Waals surface area contributed by atoms with Crippen LogP contribution in [-0.4, -0.2) is 23.0 Å². The van der Waals surface area contributed by atoms with Crippen LogP contribution in [0, 0.1) is 0 Å². The van der Waals surface area contributed by atoms with Gasteiger partial charge < -0.3 is 10.4 Å². The normalized spacial score (nSPS) is 12.1. The van der Waals surface area contributed by atoms with Gasteiger partial charge in [0.05, 0.1) is 6.42 Å². The summed E-state index contributed by atoms with van der Waals surface area (Å²) in [5, 5.41) is 14.6. The molecule has 0 bridgehead atoms. The molecule has 14 heavy (non-hydrogen) atoms. The number of carbonyl (C=O) groups is 2. The molecule has 0 fully saturated rings. The molecule has 0 radical (unpaired) electrons. The molecular weight excluding hydrogens is 202 g/mol. The average Bonchev–Trinajstić information content (AvgIpc) is 2.53. The highest BCUT2D eigenvalue weighted by Gasteiger charge is 2.12. The van der Waals surface area contributed by atoms with E-state index in [0.717, 1.165) is 0 Å². The van der Waals surface area contributed by atoms with Crippen LogP contribution in [0.4, 0.5) is 0 Å². The van der Waals surface area contributed by atoms with Crippen molar-refractivity contribution < 1.29 is 14.7 Å². The highest BCUT2D eigenvalue weighted by molar-refractivity contribution is 7.08. The van der Waals surface area contributed by atoms with Crippen molar-refractivity contribution in [1.29, 1.82) is 0 Å². The van der Waals surface area contributed by atoms with Crippen molar-refractivity contribution in [2.45, 2.75) is 19.4 Å². The Morgan fingerprint density at radius 2 is 2.36 bits per heavy atom. The Labute approximate surface area is 85.6 Å². The molecule has 1 aromatic heterocycles. The number of carboxylic acids is 1. The van der Waals surface area contributed by atoms with E-state index in [1.54, 1.807) is 23.8 Å². The Kier molecular flexibility index (Phi) is 3.64. The van der Waals surface area contributed by atoms with E-state index in [1.165, 1.54) is 11.3 Å². The second-order valence-electron chi connectivity index (χ2n) is 2.98. The van der Waals surface area contributed by atoms with Gasteiger partial charge in [-0.3, -0.25) is 9.59 Å². The van der Waals surface area contributed by atoms with Crippen molar-refractivity contribution in [2.24, 2.45) is 0 Å². The third-order valence-corrected chi connectivity index (χ3v) is 2.32. The molecule has 5 heteroatoms. The summed E-state index contributed by atoms with van der Waals surface area (Å²) in [7, 11) is 0. The molecule has 1 unspecified atom stereocenters. The van der Waals surface area contributed by atoms with Crippen LogP contribution in [0.2, 0.25) is 0 Å². The maximum absolute atomic E-state index is 11.4. The predicted molar refractivity (Wildman–Crippen MR) is 53.5 cm³/mol. The van der Waals surface area contributed by atoms with Gasteiger partial charge in [-0.15, -0.1) is 0 Å². The van der Waals surface area contributed by atoms with Crippen molar-refractivity contribution >= 4 is 23.2 Å². The van der Waals surface area contributed by atoms with Gasteiger partial charge in [0, 0.05) is 17.0 Å². The molecule has 1 atom stereocenters. The minimum Gasteiger partial charge on any atom is -0.481 e. The molecule has 1 aromatic rings. The van der Waals surface area contributed by atoms with Crippen LogP contribution in [0.3, 0.4) is 0 Å². The second kappa shape index (κ2) is 4.76. The quantitative estimate of drug-likeness (QED) is 0.793. The van der Waals surface area contributed by atoms with Crippen LogP contribution in [-0.2, 0) is 4.79 Å². The van der Waals surface area contributed by atoms with Gasteiger partial charge in [0.2, 0.25) is 0 Å². The van der Waals surface area contributed by atoms with Crippen LogP contribution in [0.5, 0.6) is 0 Å². The van der Waals surface area contributed by atoms with Crippen molar-refractivity contribution in [3.63, 3.8) is 0 Å². The van der Waals surface area contributed by atoms with Crippen LogP contribution >= 0.6 is 11.3 Å². The predicted octanol–water partition coefficient (Wildman–Crippen LogP) is 1.34. The first-order chi connectivity index (χ1) is 6.59. The third kappa shape index (κ3) is 3.18. The molecule has 76 valence electrons. The standard InChI is InChI=1S/C9H11NO3S/c1-6(4-8(11)12)10-9(13)7-2-3-14-5-7/h2-3,5-6H,4H2,1H3,(H,10,13)(H,11,12). The lowest BCUT2D eigenvalue weighted by Crippen LogP contribution is -2.33. The van der Waals surface area contributed by atoms with Gasteiger partial charge in [0.15, 0.2) is 0 Å². The summed E-state index contributed by atoms with van der Waals surface area (Å²) in [6.45, 7) is 1.67. The number of carboxylic acid groups (broad SMARTS) is 1. The van der Waals surface area contributed by atoms with Crippen molar-refractivity contribution in [2.75, 3.05) is 0 Å². The Hall–Kier alpha value is -1.36. The Morgan fingerprint density at radius 1 is 1.64 bits per heavy atom. The van der Waals surface area contributed by atoms with Gasteiger partial charge in [-0.05, 0) is 18.4 Å². The molecule has 0 saturated carbocycles. The maximum Gasteiger partial charge on any atom is 0.305 e. The maximum atomic E-state index is 11.4. The summed E-state index contributed by atoms with van der Waals surface area (Å²) >= 11 is 1.43. The highest BCUT2D eigenvalue weighted by atomic mass is 32.1. The number of rotatable bonds is 4. The number of nitrogens with one attached hydrogen (secondary N) is 1. The third-order valence-electron chi connectivity index (χ3n) is 1.64. The zero-order valence-electron chi connectivity index (χ0n) is 7.69. The molecular formula is C9H11NO3S. The number of hydrogen-bond acceptors (Lipinski definition) is 3. The molecule has 2 N–H and O–H groups in total. The fourth-order valence-corrected chi connectivity index (χ4v) is 1.65. The first kappa shape index (κ1) is 10.7. The van der Waals surface area contributed by atoms with Crippen LogP contribution < -0.4 is 5.32 Å². The van der Waals surface area contributed by atoms with Crippen LogP contribution in [0.15, 0.2) is 16.8 Å². The topological polar surface area (TPSA) is 66.4 Å². The van der Waals surface area contributed by atoms with E-state index in [2.05, 4.69) is 5.32 Å². The van der Waals surface area contributed by atoms with Crippen molar-refractivity contribution in [3.05, 3.63) is 22.4 Å². The molecule has 0 saturated heterocycles. The van der Waals surface area contributed by atoms with E-state index in [1.807, 2.05) is 0 Å². The first-order valence-electron chi connectivity index (χ1n) is 4.14. The molecule has 1 heterocycles. The number of aliphatic carboxylic acids is 1. The van der Waals surface area contributed by atoms with Crippen LogP contribution in [0.25, 0.3) is 0 Å². The van der Waals surface area contributed by atoms with Gasteiger partial charge in [-0.2, -0.15) is 11.3 Å². The number of thiophene rings is 1. The summed E-state index contributed by atoms with van der Waals surface area (Å²) in [5.41, 5.74) is 0.576. The van der Waals surface area contributed by atoms with Crippen molar-refractivity contribution in [3.8, 4) is 0 Å². The number of carbonyl (C=O) groups excluding carboxylic acids is 1. The Morgan fingerprint density at radius 3 is 2.86 bits per heavy atom. The fraction of sp³-hybridized carbons (Fsp3) is 0.333. The highest BCUT2D eigenvalue weighted by Crippen LogP contribution is 2.06. The molecule has 0 aliphatic heterocycles. The van der Waals surface area contributed by atoms with E-state index in [0.29, 0.717) is 5.56 Å². The smallest absolute Gasteiger partial charge is 0.305 e. The zero-order chi connectivity index (χ0) is 10.6. The molecule has 1 rings (SSSR count). The minimum atomic E-state index is -0.914. The average molecular weight is 213 g/mol.